The second-order valence-corrected chi connectivity index (χ2v) is 6.99. The Morgan fingerprint density at radius 2 is 2.00 bits per heavy atom. The van der Waals surface area contributed by atoms with Crippen LogP contribution in [0.2, 0.25) is 0 Å². The number of aromatic nitrogens is 4. The van der Waals surface area contributed by atoms with Crippen LogP contribution in [0.15, 0.2) is 47.8 Å². The van der Waals surface area contributed by atoms with E-state index in [1.54, 1.807) is 30.7 Å². The van der Waals surface area contributed by atoms with Crippen LogP contribution in [-0.4, -0.2) is 43.3 Å². The highest BCUT2D eigenvalue weighted by molar-refractivity contribution is 5.77. The fraction of sp³-hybridized carbons (Fsp3) is 0.421. The minimum Gasteiger partial charge on any atom is -0.336 e. The van der Waals surface area contributed by atoms with E-state index in [2.05, 4.69) is 14.9 Å². The third-order valence-electron chi connectivity index (χ3n) is 5.09. The highest BCUT2D eigenvalue weighted by Gasteiger charge is 2.35. The van der Waals surface area contributed by atoms with Crippen LogP contribution in [0, 0.1) is 0 Å². The van der Waals surface area contributed by atoms with Crippen LogP contribution in [0.25, 0.3) is 10.9 Å². The van der Waals surface area contributed by atoms with Gasteiger partial charge in [0.05, 0.1) is 23.3 Å². The molecule has 0 N–H and O–H groups in total. The molecule has 1 atom stereocenters. The van der Waals surface area contributed by atoms with E-state index in [-0.39, 0.29) is 17.3 Å². The molecule has 28 heavy (non-hydrogen) atoms. The van der Waals surface area contributed by atoms with E-state index in [1.807, 2.05) is 10.8 Å². The Bertz CT molecular complexity index is 1010. The van der Waals surface area contributed by atoms with Crippen LogP contribution in [0.5, 0.6) is 0 Å². The number of imidazole rings is 1. The smallest absolute Gasteiger partial charge is 0.336 e. The van der Waals surface area contributed by atoms with Crippen molar-refractivity contribution in [1.29, 1.82) is 0 Å². The molecule has 1 fully saturated rings. The van der Waals surface area contributed by atoms with Crippen molar-refractivity contribution in [2.75, 3.05) is 13.1 Å². The lowest BCUT2D eigenvalue weighted by atomic mass is 10.1. The third kappa shape index (κ3) is 3.80. The molecule has 1 saturated heterocycles. The van der Waals surface area contributed by atoms with Crippen molar-refractivity contribution in [3.8, 4) is 0 Å². The maximum atomic E-state index is 13.2. The standard InChI is InChI=1S/C19H20F3N5O/c20-19(21,22)12-27-17(24-15-5-2-1-4-14(15)18(27)28)16-6-3-8-26(16)11-10-25-9-7-23-13-25/h1-2,4-5,7,9,13,16H,3,6,8,10-12H2. The summed E-state index contributed by atoms with van der Waals surface area (Å²) in [5, 5.41) is 0.207. The van der Waals surface area contributed by atoms with E-state index in [0.717, 1.165) is 17.5 Å². The first-order valence-corrected chi connectivity index (χ1v) is 9.18. The number of nitrogens with zero attached hydrogens (tertiary/aromatic N) is 5. The molecule has 1 unspecified atom stereocenters. The predicted octanol–water partition coefficient (Wildman–Crippen LogP) is 2.99. The van der Waals surface area contributed by atoms with Crippen LogP contribution in [0.3, 0.4) is 0 Å². The van der Waals surface area contributed by atoms with Crippen molar-refractivity contribution in [3.05, 3.63) is 59.2 Å². The van der Waals surface area contributed by atoms with Gasteiger partial charge in [-0.3, -0.25) is 14.3 Å². The topological polar surface area (TPSA) is 56.0 Å². The van der Waals surface area contributed by atoms with E-state index >= 15 is 0 Å². The normalized spacial score (nSPS) is 18.2. The summed E-state index contributed by atoms with van der Waals surface area (Å²) in [5.41, 5.74) is -0.207. The maximum absolute atomic E-state index is 13.2. The molecule has 148 valence electrons. The molecule has 0 saturated carbocycles. The quantitative estimate of drug-likeness (QED) is 0.671. The van der Waals surface area contributed by atoms with Crippen LogP contribution in [0.1, 0.15) is 24.7 Å². The highest BCUT2D eigenvalue weighted by atomic mass is 19.4. The second kappa shape index (κ2) is 7.38. The average molecular weight is 391 g/mol. The zero-order valence-electron chi connectivity index (χ0n) is 15.1. The predicted molar refractivity (Wildman–Crippen MR) is 97.8 cm³/mol. The summed E-state index contributed by atoms with van der Waals surface area (Å²) in [6.07, 6.45) is 2.27. The van der Waals surface area contributed by atoms with Gasteiger partial charge in [-0.2, -0.15) is 13.2 Å². The number of hydrogen-bond acceptors (Lipinski definition) is 4. The summed E-state index contributed by atoms with van der Waals surface area (Å²) in [6, 6.07) is 6.24. The summed E-state index contributed by atoms with van der Waals surface area (Å²) in [7, 11) is 0. The minimum absolute atomic E-state index is 0.198. The second-order valence-electron chi connectivity index (χ2n) is 6.99. The van der Waals surface area contributed by atoms with Crippen LogP contribution in [-0.2, 0) is 13.1 Å². The van der Waals surface area contributed by atoms with Gasteiger partial charge in [0.15, 0.2) is 0 Å². The van der Waals surface area contributed by atoms with Crippen molar-refractivity contribution in [2.45, 2.75) is 38.1 Å². The Kier molecular flexibility index (Phi) is 4.92. The number of likely N-dealkylation sites (tertiary alicyclic amines) is 1. The highest BCUT2D eigenvalue weighted by Crippen LogP contribution is 2.32. The number of alkyl halides is 3. The summed E-state index contributed by atoms with van der Waals surface area (Å²) >= 11 is 0. The van der Waals surface area contributed by atoms with Gasteiger partial charge in [-0.05, 0) is 31.5 Å². The number of benzene rings is 1. The van der Waals surface area contributed by atoms with Crippen molar-refractivity contribution < 1.29 is 13.2 Å². The fourth-order valence-corrected chi connectivity index (χ4v) is 3.82. The molecule has 0 amide bonds. The summed E-state index contributed by atoms with van der Waals surface area (Å²) < 4.78 is 42.4. The van der Waals surface area contributed by atoms with Crippen molar-refractivity contribution in [1.82, 2.24) is 24.0 Å². The van der Waals surface area contributed by atoms with Crippen LogP contribution in [0.4, 0.5) is 13.2 Å². The molecular formula is C19H20F3N5O. The lowest BCUT2D eigenvalue weighted by Crippen LogP contribution is -2.36. The van der Waals surface area contributed by atoms with Crippen molar-refractivity contribution in [3.63, 3.8) is 0 Å². The SMILES string of the molecule is O=c1c2ccccc2nc(C2CCCN2CCn2ccnc2)n1CC(F)(F)F. The van der Waals surface area contributed by atoms with E-state index in [4.69, 9.17) is 0 Å². The molecule has 3 aromatic rings. The molecule has 9 heteroatoms. The number of halogens is 3. The molecule has 6 nitrogen and oxygen atoms in total. The minimum atomic E-state index is -4.50. The third-order valence-corrected chi connectivity index (χ3v) is 5.09. The van der Waals surface area contributed by atoms with Gasteiger partial charge in [0.2, 0.25) is 0 Å². The van der Waals surface area contributed by atoms with Gasteiger partial charge in [-0.25, -0.2) is 9.97 Å². The first-order chi connectivity index (χ1) is 13.4. The molecule has 0 aliphatic carbocycles. The van der Waals surface area contributed by atoms with E-state index < -0.39 is 18.3 Å². The summed E-state index contributed by atoms with van der Waals surface area (Å²) in [5.74, 6) is 0.198. The van der Waals surface area contributed by atoms with Gasteiger partial charge in [-0.1, -0.05) is 12.1 Å². The zero-order valence-corrected chi connectivity index (χ0v) is 15.1. The molecule has 0 spiro atoms. The first kappa shape index (κ1) is 18.7. The molecule has 1 aliphatic rings. The monoisotopic (exact) mass is 391 g/mol. The molecule has 3 heterocycles. The lowest BCUT2D eigenvalue weighted by Gasteiger charge is -2.27. The average Bonchev–Trinajstić information content (AvgIpc) is 3.32. The van der Waals surface area contributed by atoms with Gasteiger partial charge >= 0.3 is 6.18 Å². The summed E-state index contributed by atoms with van der Waals surface area (Å²) in [6.45, 7) is 0.752. The van der Waals surface area contributed by atoms with E-state index in [9.17, 15) is 18.0 Å². The largest absolute Gasteiger partial charge is 0.406 e. The number of fused-ring (bicyclic) bond motifs is 1. The molecule has 0 radical (unpaired) electrons. The number of rotatable bonds is 5. The molecule has 2 aromatic heterocycles. The Morgan fingerprint density at radius 1 is 1.18 bits per heavy atom. The number of para-hydroxylation sites is 1. The lowest BCUT2D eigenvalue weighted by molar-refractivity contribution is -0.142. The van der Waals surface area contributed by atoms with Gasteiger partial charge < -0.3 is 4.57 Å². The van der Waals surface area contributed by atoms with Gasteiger partial charge in [-0.15, -0.1) is 0 Å². The van der Waals surface area contributed by atoms with E-state index in [0.29, 0.717) is 25.0 Å². The van der Waals surface area contributed by atoms with Gasteiger partial charge in [0, 0.05) is 25.5 Å². The molecule has 4 rings (SSSR count). The molecule has 1 aliphatic heterocycles. The Morgan fingerprint density at radius 3 is 2.75 bits per heavy atom. The van der Waals surface area contributed by atoms with Crippen LogP contribution >= 0.6 is 0 Å². The zero-order chi connectivity index (χ0) is 19.7. The molecule has 0 bridgehead atoms. The Balaban J connectivity index is 1.73. The van der Waals surface area contributed by atoms with E-state index in [1.165, 1.54) is 6.07 Å². The van der Waals surface area contributed by atoms with Crippen molar-refractivity contribution in [2.24, 2.45) is 0 Å². The van der Waals surface area contributed by atoms with Gasteiger partial charge in [0.1, 0.15) is 12.4 Å². The maximum Gasteiger partial charge on any atom is 0.406 e. The van der Waals surface area contributed by atoms with Gasteiger partial charge in [0.25, 0.3) is 5.56 Å². The Hall–Kier alpha value is -2.68. The summed E-state index contributed by atoms with van der Waals surface area (Å²) in [4.78, 5) is 23.4. The van der Waals surface area contributed by atoms with Crippen LogP contribution < -0.4 is 5.56 Å². The Labute approximate surface area is 159 Å². The molecular weight excluding hydrogens is 371 g/mol. The molecule has 1 aromatic carbocycles. The number of hydrogen-bond donors (Lipinski definition) is 0. The van der Waals surface area contributed by atoms with Crippen molar-refractivity contribution >= 4 is 10.9 Å². The fourth-order valence-electron chi connectivity index (χ4n) is 3.82. The first-order valence-electron chi connectivity index (χ1n) is 9.18.